The molecule has 0 saturated carbocycles. The number of hydrogen-bond acceptors (Lipinski definition) is 4. The summed E-state index contributed by atoms with van der Waals surface area (Å²) in [6, 6.07) is 0. The van der Waals surface area contributed by atoms with Gasteiger partial charge in [0.05, 0.1) is 0 Å². The molecule has 0 amide bonds. The molecule has 172 valence electrons. The summed E-state index contributed by atoms with van der Waals surface area (Å²) in [7, 11) is -4.62. The van der Waals surface area contributed by atoms with Gasteiger partial charge in [0.25, 0.3) is 10.4 Å². The van der Waals surface area contributed by atoms with Gasteiger partial charge in [0, 0.05) is 0 Å². The van der Waals surface area contributed by atoms with Crippen molar-refractivity contribution >= 4 is 10.4 Å². The van der Waals surface area contributed by atoms with Crippen LogP contribution in [0.25, 0.3) is 0 Å². The van der Waals surface area contributed by atoms with E-state index in [2.05, 4.69) is 11.1 Å². The zero-order chi connectivity index (χ0) is 21.5. The fourth-order valence-corrected chi connectivity index (χ4v) is 3.68. The van der Waals surface area contributed by atoms with Gasteiger partial charge in [-0.3, -0.25) is 0 Å². The van der Waals surface area contributed by atoms with Crippen molar-refractivity contribution in [3.05, 3.63) is 24.5 Å². The maximum Gasteiger partial charge on any atom is 1.00 e. The van der Waals surface area contributed by atoms with Gasteiger partial charge in [-0.2, -0.15) is 0 Å². The smallest absolute Gasteiger partial charge is 0.716 e. The molecule has 0 saturated heterocycles. The van der Waals surface area contributed by atoms with Crippen LogP contribution in [0.15, 0.2) is 24.5 Å². The second kappa shape index (κ2) is 25.5. The van der Waals surface area contributed by atoms with Crippen molar-refractivity contribution in [1.82, 2.24) is 0 Å². The Morgan fingerprint density at radius 1 is 0.633 bits per heavy atom. The Labute approximate surface area is 209 Å². The Balaban J connectivity index is 0. The van der Waals surface area contributed by atoms with E-state index >= 15 is 0 Å². The van der Waals surface area contributed by atoms with Crippen molar-refractivity contribution in [2.24, 2.45) is 0 Å². The molecule has 0 radical (unpaired) electrons. The molecular weight excluding hydrogens is 407 g/mol. The molecule has 0 aromatic heterocycles. The molecule has 0 atom stereocenters. The molecule has 0 aromatic rings. The van der Waals surface area contributed by atoms with E-state index in [1.807, 2.05) is 6.08 Å². The Hall–Kier alpha value is 0.190. The fourth-order valence-electron chi connectivity index (χ4n) is 3.48. The molecule has 4 nitrogen and oxygen atoms in total. The Morgan fingerprint density at radius 3 is 1.37 bits per heavy atom. The van der Waals surface area contributed by atoms with E-state index in [9.17, 15) is 13.0 Å². The van der Waals surface area contributed by atoms with Crippen LogP contribution in [0, 0.1) is 0 Å². The van der Waals surface area contributed by atoms with Gasteiger partial charge in [0.2, 0.25) is 0 Å². The summed E-state index contributed by atoms with van der Waals surface area (Å²) in [5, 5.41) is 0. The molecule has 0 rings (SSSR count). The SMILES string of the molecule is CCCCCCCCCCCCCCCCCCCC/C=C/C=C/OS(=O)(=O)[O-].[Na+]. The number of hydrogen-bond donors (Lipinski definition) is 0. The second-order valence-corrected chi connectivity index (χ2v) is 9.07. The van der Waals surface area contributed by atoms with Crippen LogP contribution in [0.5, 0.6) is 0 Å². The van der Waals surface area contributed by atoms with Crippen LogP contribution in [-0.4, -0.2) is 13.0 Å². The van der Waals surface area contributed by atoms with Crippen molar-refractivity contribution in [2.75, 3.05) is 0 Å². The first-order valence-corrected chi connectivity index (χ1v) is 13.4. The molecule has 0 aliphatic carbocycles. The molecule has 30 heavy (non-hydrogen) atoms. The predicted molar refractivity (Wildman–Crippen MR) is 122 cm³/mol. The zero-order valence-corrected chi connectivity index (χ0v) is 22.6. The minimum absolute atomic E-state index is 0. The van der Waals surface area contributed by atoms with Crippen molar-refractivity contribution in [1.29, 1.82) is 0 Å². The van der Waals surface area contributed by atoms with E-state index in [0.29, 0.717) is 0 Å². The van der Waals surface area contributed by atoms with Gasteiger partial charge in [0.1, 0.15) is 6.26 Å². The van der Waals surface area contributed by atoms with E-state index < -0.39 is 10.4 Å². The molecule has 6 heteroatoms. The number of rotatable bonds is 22. The van der Waals surface area contributed by atoms with E-state index in [4.69, 9.17) is 0 Å². The largest absolute Gasteiger partial charge is 1.00 e. The summed E-state index contributed by atoms with van der Waals surface area (Å²) in [6.45, 7) is 2.28. The summed E-state index contributed by atoms with van der Waals surface area (Å²) >= 11 is 0. The molecule has 0 spiro atoms. The predicted octanol–water partition coefficient (Wildman–Crippen LogP) is 4.97. The van der Waals surface area contributed by atoms with Gasteiger partial charge in [-0.15, -0.1) is 0 Å². The Bertz CT molecular complexity index is 489. The van der Waals surface area contributed by atoms with Gasteiger partial charge < -0.3 is 8.74 Å². The van der Waals surface area contributed by atoms with Gasteiger partial charge in [-0.05, 0) is 18.9 Å². The van der Waals surface area contributed by atoms with Crippen molar-refractivity contribution in [2.45, 2.75) is 129 Å². The minimum atomic E-state index is -4.62. The first-order valence-electron chi connectivity index (χ1n) is 12.0. The quantitative estimate of drug-likeness (QED) is 0.0581. The maximum absolute atomic E-state index is 10.2. The van der Waals surface area contributed by atoms with E-state index in [1.54, 1.807) is 6.08 Å². The van der Waals surface area contributed by atoms with E-state index in [1.165, 1.54) is 115 Å². The summed E-state index contributed by atoms with van der Waals surface area (Å²) < 4.78 is 34.5. The van der Waals surface area contributed by atoms with Crippen molar-refractivity contribution < 1.29 is 46.7 Å². The first-order chi connectivity index (χ1) is 14.1. The molecule has 0 aliphatic rings. The van der Waals surface area contributed by atoms with Crippen LogP contribution in [0.2, 0.25) is 0 Å². The van der Waals surface area contributed by atoms with Crippen LogP contribution in [0.3, 0.4) is 0 Å². The molecule has 0 N–H and O–H groups in total. The fraction of sp³-hybridized carbons (Fsp3) is 0.833. The van der Waals surface area contributed by atoms with Gasteiger partial charge >= 0.3 is 29.6 Å². The average molecular weight is 453 g/mol. The second-order valence-electron chi connectivity index (χ2n) is 8.06. The van der Waals surface area contributed by atoms with Crippen molar-refractivity contribution in [3.8, 4) is 0 Å². The molecule has 0 heterocycles. The van der Waals surface area contributed by atoms with Crippen LogP contribution >= 0.6 is 0 Å². The summed E-state index contributed by atoms with van der Waals surface area (Å²) in [5.74, 6) is 0. The molecule has 0 fully saturated rings. The third kappa shape index (κ3) is 30.4. The van der Waals surface area contributed by atoms with Crippen LogP contribution in [0.4, 0.5) is 0 Å². The third-order valence-corrected chi connectivity index (χ3v) is 5.57. The van der Waals surface area contributed by atoms with Gasteiger partial charge in [-0.25, -0.2) is 8.42 Å². The zero-order valence-electron chi connectivity index (χ0n) is 19.8. The van der Waals surface area contributed by atoms with Gasteiger partial charge in [-0.1, -0.05) is 128 Å². The number of unbranched alkanes of at least 4 members (excludes halogenated alkanes) is 18. The topological polar surface area (TPSA) is 66.4 Å². The molecule has 0 bridgehead atoms. The summed E-state index contributed by atoms with van der Waals surface area (Å²) in [6.07, 6.45) is 31.7. The molecule has 0 unspecified atom stereocenters. The molecule has 0 aliphatic heterocycles. The van der Waals surface area contributed by atoms with Crippen molar-refractivity contribution in [3.63, 3.8) is 0 Å². The molecular formula is C24H45NaO4S. The van der Waals surface area contributed by atoms with Crippen LogP contribution in [0.1, 0.15) is 129 Å². The Kier molecular flexibility index (Phi) is 27.5. The third-order valence-electron chi connectivity index (χ3n) is 5.22. The normalized spacial score (nSPS) is 11.9. The summed E-state index contributed by atoms with van der Waals surface area (Å²) in [5.41, 5.74) is 0. The monoisotopic (exact) mass is 452 g/mol. The Morgan fingerprint density at radius 2 is 1.00 bits per heavy atom. The van der Waals surface area contributed by atoms with E-state index in [0.717, 1.165) is 19.1 Å². The standard InChI is InChI=1S/C24H46O4S.Na/c1-2-3-4-5-6-7-8-9-10-11-12-13-14-15-16-17-18-19-20-21-22-23-24-28-29(25,26)27;/h21-24H,2-20H2,1H3,(H,25,26,27);/q;+1/p-1/b22-21+,24-23+;. The van der Waals surface area contributed by atoms with E-state index in [-0.39, 0.29) is 29.6 Å². The van der Waals surface area contributed by atoms with Crippen LogP contribution < -0.4 is 29.6 Å². The average Bonchev–Trinajstić information content (AvgIpc) is 2.67. The molecule has 0 aromatic carbocycles. The first kappa shape index (κ1) is 32.4. The minimum Gasteiger partial charge on any atom is -0.716 e. The van der Waals surface area contributed by atoms with Crippen LogP contribution in [-0.2, 0) is 14.6 Å². The number of allylic oxidation sites excluding steroid dienone is 3. The maximum atomic E-state index is 10.2. The van der Waals surface area contributed by atoms with Gasteiger partial charge in [0.15, 0.2) is 0 Å². The summed E-state index contributed by atoms with van der Waals surface area (Å²) in [4.78, 5) is 0.